The molecule has 0 unspecified atom stereocenters. The van der Waals surface area contributed by atoms with Gasteiger partial charge in [-0.2, -0.15) is 0 Å². The number of nitrogens with one attached hydrogen (secondary N) is 1. The Balaban J connectivity index is 2.37. The van der Waals surface area contributed by atoms with Gasteiger partial charge in [-0.05, 0) is 48.7 Å². The van der Waals surface area contributed by atoms with E-state index in [0.29, 0.717) is 6.54 Å². The molecule has 1 atom stereocenters. The van der Waals surface area contributed by atoms with Crippen LogP contribution < -0.4 is 9.62 Å². The van der Waals surface area contributed by atoms with Crippen LogP contribution in [0.2, 0.25) is 10.0 Å². The van der Waals surface area contributed by atoms with Crippen molar-refractivity contribution < 1.29 is 18.0 Å². The Bertz CT molecular complexity index is 1130. The normalized spacial score (nSPS) is 12.4. The number of carbonyl (C=O) groups is 2. The molecule has 0 bridgehead atoms. The van der Waals surface area contributed by atoms with E-state index in [0.717, 1.165) is 20.6 Å². The minimum atomic E-state index is -3.84. The highest BCUT2D eigenvalue weighted by atomic mass is 79.9. The zero-order chi connectivity index (χ0) is 25.6. The second kappa shape index (κ2) is 12.2. The quantitative estimate of drug-likeness (QED) is 0.433. The van der Waals surface area contributed by atoms with Gasteiger partial charge in [0.15, 0.2) is 0 Å². The minimum absolute atomic E-state index is 0.126. The molecule has 2 aromatic rings. The molecule has 0 aliphatic carbocycles. The van der Waals surface area contributed by atoms with Crippen molar-refractivity contribution in [2.45, 2.75) is 33.4 Å². The number of hydrogen-bond donors (Lipinski definition) is 1. The van der Waals surface area contributed by atoms with Crippen molar-refractivity contribution in [2.24, 2.45) is 5.92 Å². The molecular formula is C23H28BrCl2N3O4S. The van der Waals surface area contributed by atoms with Crippen LogP contribution in [-0.4, -0.2) is 50.5 Å². The molecule has 2 aromatic carbocycles. The molecule has 34 heavy (non-hydrogen) atoms. The molecule has 1 N–H and O–H groups in total. The number of halogens is 3. The van der Waals surface area contributed by atoms with Gasteiger partial charge in [0.2, 0.25) is 21.8 Å². The van der Waals surface area contributed by atoms with Crippen LogP contribution in [0.1, 0.15) is 26.3 Å². The lowest BCUT2D eigenvalue weighted by molar-refractivity contribution is -0.139. The molecule has 0 radical (unpaired) electrons. The van der Waals surface area contributed by atoms with Gasteiger partial charge in [-0.1, -0.05) is 65.1 Å². The minimum Gasteiger partial charge on any atom is -0.354 e. The summed E-state index contributed by atoms with van der Waals surface area (Å²) in [5.74, 6) is -0.617. The van der Waals surface area contributed by atoms with E-state index in [2.05, 4.69) is 21.2 Å². The maximum absolute atomic E-state index is 13.5. The van der Waals surface area contributed by atoms with Crippen LogP contribution in [0.5, 0.6) is 0 Å². The second-order valence-corrected chi connectivity index (χ2v) is 12.0. The Morgan fingerprint density at radius 3 is 2.18 bits per heavy atom. The largest absolute Gasteiger partial charge is 0.354 e. The first-order valence-electron chi connectivity index (χ1n) is 10.5. The average molecular weight is 593 g/mol. The average Bonchev–Trinajstić information content (AvgIpc) is 2.76. The number of nitrogens with zero attached hydrogens (tertiary/aromatic N) is 2. The van der Waals surface area contributed by atoms with Gasteiger partial charge in [0.25, 0.3) is 0 Å². The molecule has 186 valence electrons. The third kappa shape index (κ3) is 8.15. The molecule has 0 spiro atoms. The summed E-state index contributed by atoms with van der Waals surface area (Å²) in [4.78, 5) is 27.6. The van der Waals surface area contributed by atoms with Gasteiger partial charge in [0.1, 0.15) is 12.6 Å². The lowest BCUT2D eigenvalue weighted by Gasteiger charge is -2.31. The Hall–Kier alpha value is -1.81. The van der Waals surface area contributed by atoms with E-state index in [4.69, 9.17) is 23.2 Å². The summed E-state index contributed by atoms with van der Waals surface area (Å²) in [5.41, 5.74) is 0.992. The van der Waals surface area contributed by atoms with Crippen LogP contribution >= 0.6 is 39.1 Å². The summed E-state index contributed by atoms with van der Waals surface area (Å²) in [6.07, 6.45) is 1.00. The van der Waals surface area contributed by atoms with Crippen LogP contribution in [0.4, 0.5) is 5.69 Å². The molecule has 0 aromatic heterocycles. The summed E-state index contributed by atoms with van der Waals surface area (Å²) in [6, 6.07) is 10.8. The van der Waals surface area contributed by atoms with Crippen molar-refractivity contribution in [3.05, 3.63) is 62.5 Å². The van der Waals surface area contributed by atoms with Gasteiger partial charge in [0.05, 0.1) is 22.0 Å². The Morgan fingerprint density at radius 2 is 1.65 bits per heavy atom. The van der Waals surface area contributed by atoms with Crippen LogP contribution in [0, 0.1) is 5.92 Å². The Kier molecular flexibility index (Phi) is 10.2. The fourth-order valence-electron chi connectivity index (χ4n) is 3.08. The highest BCUT2D eigenvalue weighted by Gasteiger charge is 2.30. The van der Waals surface area contributed by atoms with E-state index in [1.807, 2.05) is 38.1 Å². The first-order valence-corrected chi connectivity index (χ1v) is 13.9. The maximum Gasteiger partial charge on any atom is 0.244 e. The molecule has 0 fully saturated rings. The number of carbonyl (C=O) groups excluding carboxylic acids is 2. The van der Waals surface area contributed by atoms with E-state index in [1.54, 1.807) is 6.92 Å². The molecule has 11 heteroatoms. The first-order chi connectivity index (χ1) is 15.8. The molecule has 0 aliphatic heterocycles. The van der Waals surface area contributed by atoms with E-state index in [1.165, 1.54) is 23.1 Å². The zero-order valence-electron chi connectivity index (χ0n) is 19.4. The predicted octanol–water partition coefficient (Wildman–Crippen LogP) is 4.71. The number of hydrogen-bond acceptors (Lipinski definition) is 4. The monoisotopic (exact) mass is 591 g/mol. The first kappa shape index (κ1) is 28.4. The molecular weight excluding hydrogens is 565 g/mol. The van der Waals surface area contributed by atoms with Gasteiger partial charge in [-0.25, -0.2) is 8.42 Å². The summed E-state index contributed by atoms with van der Waals surface area (Å²) in [7, 11) is -3.84. The summed E-state index contributed by atoms with van der Waals surface area (Å²) in [5, 5.41) is 3.26. The van der Waals surface area contributed by atoms with Gasteiger partial charge in [-0.15, -0.1) is 0 Å². The fourth-order valence-corrected chi connectivity index (χ4v) is 4.47. The van der Waals surface area contributed by atoms with Crippen molar-refractivity contribution >= 4 is 66.7 Å². The zero-order valence-corrected chi connectivity index (χ0v) is 23.3. The van der Waals surface area contributed by atoms with Crippen LogP contribution in [0.15, 0.2) is 46.9 Å². The number of sulfonamides is 1. The van der Waals surface area contributed by atoms with E-state index < -0.39 is 28.5 Å². The summed E-state index contributed by atoms with van der Waals surface area (Å²) >= 11 is 15.4. The van der Waals surface area contributed by atoms with Gasteiger partial charge in [0, 0.05) is 17.6 Å². The number of rotatable bonds is 10. The molecule has 0 saturated heterocycles. The van der Waals surface area contributed by atoms with Gasteiger partial charge < -0.3 is 10.2 Å². The van der Waals surface area contributed by atoms with Crippen molar-refractivity contribution in [1.29, 1.82) is 0 Å². The highest BCUT2D eigenvalue weighted by Crippen LogP contribution is 2.28. The lowest BCUT2D eigenvalue weighted by atomic mass is 10.1. The third-order valence-electron chi connectivity index (χ3n) is 4.99. The van der Waals surface area contributed by atoms with Crippen molar-refractivity contribution in [3.8, 4) is 0 Å². The predicted molar refractivity (Wildman–Crippen MR) is 141 cm³/mol. The lowest BCUT2D eigenvalue weighted by Crippen LogP contribution is -2.51. The SMILES string of the molecule is CC(C)CNC(=O)[C@H](C)N(Cc1ccc(Br)cc1)C(=O)CN(c1ccc(Cl)c(Cl)c1)S(C)(=O)=O. The standard InChI is InChI=1S/C23H28BrCl2N3O4S/c1-15(2)12-27-23(31)16(3)28(13-17-5-7-18(24)8-6-17)22(30)14-29(34(4,32)33)19-9-10-20(25)21(26)11-19/h5-11,15-16H,12-14H2,1-4H3,(H,27,31)/t16-/m0/s1. The Labute approximate surface area is 219 Å². The van der Waals surface area contributed by atoms with E-state index in [-0.39, 0.29) is 34.1 Å². The topological polar surface area (TPSA) is 86.8 Å². The number of anilines is 1. The third-order valence-corrected chi connectivity index (χ3v) is 7.40. The Morgan fingerprint density at radius 1 is 1.03 bits per heavy atom. The molecule has 2 amide bonds. The molecule has 0 saturated carbocycles. The smallest absolute Gasteiger partial charge is 0.244 e. The maximum atomic E-state index is 13.5. The van der Waals surface area contributed by atoms with Crippen LogP contribution in [0.3, 0.4) is 0 Å². The van der Waals surface area contributed by atoms with Crippen molar-refractivity contribution in [3.63, 3.8) is 0 Å². The van der Waals surface area contributed by atoms with E-state index in [9.17, 15) is 18.0 Å². The summed E-state index contributed by atoms with van der Waals surface area (Å²) < 4.78 is 26.9. The number of amides is 2. The van der Waals surface area contributed by atoms with Gasteiger partial charge >= 0.3 is 0 Å². The molecule has 0 aliphatic rings. The fraction of sp³-hybridized carbons (Fsp3) is 0.391. The van der Waals surface area contributed by atoms with Crippen LogP contribution in [-0.2, 0) is 26.2 Å². The van der Waals surface area contributed by atoms with Crippen molar-refractivity contribution in [1.82, 2.24) is 10.2 Å². The summed E-state index contributed by atoms with van der Waals surface area (Å²) in [6.45, 7) is 5.64. The highest BCUT2D eigenvalue weighted by molar-refractivity contribution is 9.10. The van der Waals surface area contributed by atoms with E-state index >= 15 is 0 Å². The van der Waals surface area contributed by atoms with Crippen molar-refractivity contribution in [2.75, 3.05) is 23.7 Å². The van der Waals surface area contributed by atoms with Gasteiger partial charge in [-0.3, -0.25) is 13.9 Å². The molecule has 2 rings (SSSR count). The molecule has 0 heterocycles. The molecule has 7 nitrogen and oxygen atoms in total. The second-order valence-electron chi connectivity index (χ2n) is 8.33. The number of benzene rings is 2. The van der Waals surface area contributed by atoms with Crippen LogP contribution in [0.25, 0.3) is 0 Å².